The van der Waals surface area contributed by atoms with Crippen LogP contribution in [0.4, 0.5) is 22.7 Å². The monoisotopic (exact) mass is 578 g/mol. The Morgan fingerprint density at radius 2 is 1.00 bits per heavy atom. The van der Waals surface area contributed by atoms with Gasteiger partial charge in [-0.15, -0.1) is 0 Å². The molecule has 2 aliphatic carbocycles. The van der Waals surface area contributed by atoms with Crippen molar-refractivity contribution in [3.63, 3.8) is 0 Å². The lowest BCUT2D eigenvalue weighted by molar-refractivity contribution is 0.640. The van der Waals surface area contributed by atoms with Crippen molar-refractivity contribution in [1.82, 2.24) is 0 Å². The van der Waals surface area contributed by atoms with Crippen LogP contribution >= 0.6 is 0 Å². The normalized spacial score (nSPS) is 14.6. The molecule has 0 saturated heterocycles. The van der Waals surface area contributed by atoms with Gasteiger partial charge in [0.15, 0.2) is 5.69 Å². The first-order valence-corrected chi connectivity index (χ1v) is 15.7. The van der Waals surface area contributed by atoms with Gasteiger partial charge in [-0.2, -0.15) is 0 Å². The topological polar surface area (TPSA) is 7.60 Å². The summed E-state index contributed by atoms with van der Waals surface area (Å²) in [6, 6.07) is 47.9. The van der Waals surface area contributed by atoms with Gasteiger partial charge < -0.3 is 4.90 Å². The Balaban J connectivity index is 1.55. The molecule has 0 spiro atoms. The third-order valence-electron chi connectivity index (χ3n) is 10.0. The standard InChI is InChI=1S/C43H34N2/c1-42(2)36-20-12-9-18-32(36)34-27-35-33-19-10-13-21-37(33)43(3,4)40(35)41(39(34)42)45(30-25-23-29(44-5)24-26-30)38-22-14-11-17-31(38)28-15-7-6-8-16-28/h6-27H,1-4H3. The summed E-state index contributed by atoms with van der Waals surface area (Å²) in [7, 11) is 0. The molecule has 0 radical (unpaired) electrons. The molecule has 45 heavy (non-hydrogen) atoms. The Kier molecular flexibility index (Phi) is 5.93. The smallest absolute Gasteiger partial charge is 0.187 e. The van der Waals surface area contributed by atoms with Gasteiger partial charge in [0.25, 0.3) is 0 Å². The Bertz CT molecular complexity index is 2080. The van der Waals surface area contributed by atoms with E-state index in [1.54, 1.807) is 0 Å². The highest BCUT2D eigenvalue weighted by atomic mass is 15.2. The van der Waals surface area contributed by atoms with Crippen LogP contribution in [0, 0.1) is 6.57 Å². The Labute approximate surface area is 266 Å². The van der Waals surface area contributed by atoms with Crippen LogP contribution in [0.15, 0.2) is 133 Å². The van der Waals surface area contributed by atoms with Gasteiger partial charge in [-0.1, -0.05) is 137 Å². The minimum atomic E-state index is -0.239. The summed E-state index contributed by atoms with van der Waals surface area (Å²) >= 11 is 0. The minimum Gasteiger partial charge on any atom is -0.309 e. The molecule has 0 bridgehead atoms. The van der Waals surface area contributed by atoms with E-state index in [-0.39, 0.29) is 10.8 Å². The highest BCUT2D eigenvalue weighted by Gasteiger charge is 2.46. The molecule has 2 nitrogen and oxygen atoms in total. The predicted octanol–water partition coefficient (Wildman–Crippen LogP) is 12.0. The van der Waals surface area contributed by atoms with Crippen molar-refractivity contribution in [2.45, 2.75) is 38.5 Å². The zero-order valence-corrected chi connectivity index (χ0v) is 26.1. The van der Waals surface area contributed by atoms with E-state index in [0.29, 0.717) is 5.69 Å². The molecule has 0 unspecified atom stereocenters. The molecule has 8 rings (SSSR count). The largest absolute Gasteiger partial charge is 0.309 e. The molecule has 2 heteroatoms. The van der Waals surface area contributed by atoms with Gasteiger partial charge in [0.05, 0.1) is 17.9 Å². The SMILES string of the molecule is [C-]#[N+]c1ccc(N(c2ccccc2-c2ccccc2)c2c3c(cc4c2C(C)(C)c2ccccc2-4)-c2ccccc2C3(C)C)cc1. The van der Waals surface area contributed by atoms with Crippen molar-refractivity contribution in [2.24, 2.45) is 0 Å². The molecule has 216 valence electrons. The number of benzene rings is 6. The summed E-state index contributed by atoms with van der Waals surface area (Å²) in [5.74, 6) is 0. The number of fused-ring (bicyclic) bond motifs is 6. The highest BCUT2D eigenvalue weighted by molar-refractivity contribution is 6.01. The van der Waals surface area contributed by atoms with E-state index in [4.69, 9.17) is 6.57 Å². The van der Waals surface area contributed by atoms with E-state index in [2.05, 4.69) is 159 Å². The maximum atomic E-state index is 7.66. The average Bonchev–Trinajstić information content (AvgIpc) is 3.45. The molecule has 0 amide bonds. The lowest BCUT2D eigenvalue weighted by Gasteiger charge is -2.38. The van der Waals surface area contributed by atoms with Crippen LogP contribution in [0.3, 0.4) is 0 Å². The second-order valence-electron chi connectivity index (χ2n) is 13.3. The van der Waals surface area contributed by atoms with Gasteiger partial charge in [-0.05, 0) is 74.3 Å². The van der Waals surface area contributed by atoms with Gasteiger partial charge in [0, 0.05) is 22.1 Å². The maximum Gasteiger partial charge on any atom is 0.187 e. The number of nitrogens with zero attached hydrogens (tertiary/aromatic N) is 2. The molecule has 6 aromatic rings. The van der Waals surface area contributed by atoms with Crippen molar-refractivity contribution in [1.29, 1.82) is 0 Å². The molecule has 0 aliphatic heterocycles. The van der Waals surface area contributed by atoms with Crippen LogP contribution in [0.5, 0.6) is 0 Å². The molecular weight excluding hydrogens is 544 g/mol. The van der Waals surface area contributed by atoms with E-state index in [9.17, 15) is 0 Å². The van der Waals surface area contributed by atoms with E-state index in [1.807, 2.05) is 12.1 Å². The van der Waals surface area contributed by atoms with Crippen LogP contribution in [0.2, 0.25) is 0 Å². The zero-order valence-electron chi connectivity index (χ0n) is 26.1. The molecule has 6 aromatic carbocycles. The minimum absolute atomic E-state index is 0.239. The van der Waals surface area contributed by atoms with Gasteiger partial charge in [-0.25, -0.2) is 4.85 Å². The van der Waals surface area contributed by atoms with Crippen molar-refractivity contribution in [3.05, 3.63) is 167 Å². The number of hydrogen-bond donors (Lipinski definition) is 0. The fourth-order valence-corrected chi connectivity index (χ4v) is 7.97. The highest BCUT2D eigenvalue weighted by Crippen LogP contribution is 2.62. The molecular formula is C43H34N2. The molecule has 0 saturated carbocycles. The second kappa shape index (κ2) is 9.81. The third kappa shape index (κ3) is 3.87. The Morgan fingerprint density at radius 1 is 0.511 bits per heavy atom. The first-order valence-electron chi connectivity index (χ1n) is 15.7. The zero-order chi connectivity index (χ0) is 30.9. The van der Waals surface area contributed by atoms with Gasteiger partial charge in [-0.3, -0.25) is 0 Å². The quantitative estimate of drug-likeness (QED) is 0.189. The Hall–Kier alpha value is -5.39. The number of anilines is 3. The molecule has 0 atom stereocenters. The average molecular weight is 579 g/mol. The van der Waals surface area contributed by atoms with Crippen molar-refractivity contribution in [3.8, 4) is 33.4 Å². The lowest BCUT2D eigenvalue weighted by Crippen LogP contribution is -2.26. The van der Waals surface area contributed by atoms with Crippen LogP contribution < -0.4 is 4.90 Å². The third-order valence-corrected chi connectivity index (χ3v) is 10.0. The van der Waals surface area contributed by atoms with E-state index >= 15 is 0 Å². The van der Waals surface area contributed by atoms with Crippen LogP contribution in [0.1, 0.15) is 49.9 Å². The number of rotatable bonds is 4. The van der Waals surface area contributed by atoms with Crippen molar-refractivity contribution in [2.75, 3.05) is 4.90 Å². The molecule has 0 heterocycles. The van der Waals surface area contributed by atoms with Gasteiger partial charge in [0.2, 0.25) is 0 Å². The summed E-state index contributed by atoms with van der Waals surface area (Å²) in [6.45, 7) is 17.2. The second-order valence-corrected chi connectivity index (χ2v) is 13.3. The molecule has 2 aliphatic rings. The molecule has 0 fully saturated rings. The van der Waals surface area contributed by atoms with Crippen LogP contribution in [0.25, 0.3) is 38.2 Å². The summed E-state index contributed by atoms with van der Waals surface area (Å²) in [5.41, 5.74) is 16.5. The first kappa shape index (κ1) is 27.2. The summed E-state index contributed by atoms with van der Waals surface area (Å²) in [6.07, 6.45) is 0. The predicted molar refractivity (Wildman–Crippen MR) is 188 cm³/mol. The van der Waals surface area contributed by atoms with Crippen molar-refractivity contribution >= 4 is 22.7 Å². The van der Waals surface area contributed by atoms with E-state index in [0.717, 1.165) is 11.4 Å². The van der Waals surface area contributed by atoms with Gasteiger partial charge in [0.1, 0.15) is 0 Å². The fourth-order valence-electron chi connectivity index (χ4n) is 7.97. The van der Waals surface area contributed by atoms with E-state index < -0.39 is 0 Å². The van der Waals surface area contributed by atoms with Crippen molar-refractivity contribution < 1.29 is 0 Å². The summed E-state index contributed by atoms with van der Waals surface area (Å²) < 4.78 is 0. The number of para-hydroxylation sites is 1. The molecule has 0 N–H and O–H groups in total. The van der Waals surface area contributed by atoms with Gasteiger partial charge >= 0.3 is 0 Å². The first-order chi connectivity index (χ1) is 21.8. The Morgan fingerprint density at radius 3 is 1.56 bits per heavy atom. The van der Waals surface area contributed by atoms with E-state index in [1.165, 1.54) is 61.3 Å². The molecule has 0 aromatic heterocycles. The van der Waals surface area contributed by atoms with Crippen LogP contribution in [-0.2, 0) is 10.8 Å². The lowest BCUT2D eigenvalue weighted by atomic mass is 9.75. The summed E-state index contributed by atoms with van der Waals surface area (Å²) in [5, 5.41) is 0. The number of hydrogen-bond acceptors (Lipinski definition) is 1. The van der Waals surface area contributed by atoms with Crippen LogP contribution in [-0.4, -0.2) is 0 Å². The summed E-state index contributed by atoms with van der Waals surface area (Å²) in [4.78, 5) is 6.22. The fraction of sp³-hybridized carbons (Fsp3) is 0.140. The maximum absolute atomic E-state index is 7.66.